The minimum absolute atomic E-state index is 0. The van der Waals surface area contributed by atoms with Gasteiger partial charge in [0.15, 0.2) is 0 Å². The van der Waals surface area contributed by atoms with Crippen molar-refractivity contribution in [3.63, 3.8) is 0 Å². The van der Waals surface area contributed by atoms with Gasteiger partial charge in [-0.3, -0.25) is 0 Å². The maximum atomic E-state index is 4.15. The van der Waals surface area contributed by atoms with Crippen molar-refractivity contribution in [2.24, 2.45) is 0 Å². The van der Waals surface area contributed by atoms with E-state index in [0.717, 1.165) is 5.75 Å². The maximum Gasteiger partial charge on any atom is 0 e. The van der Waals surface area contributed by atoms with Crippen molar-refractivity contribution in [3.05, 3.63) is 0 Å². The zero-order valence-electron chi connectivity index (χ0n) is 6.90. The summed E-state index contributed by atoms with van der Waals surface area (Å²) < 4.78 is 0. The molecule has 2 heteroatoms. The third-order valence-corrected chi connectivity index (χ3v) is 1.83. The Morgan fingerprint density at radius 2 is 1.40 bits per heavy atom. The first-order chi connectivity index (χ1) is 4.41. The molecule has 0 spiro atoms. The zero-order valence-corrected chi connectivity index (χ0v) is 10.6. The molecule has 4 radical (unpaired) electrons. The van der Waals surface area contributed by atoms with E-state index in [1.54, 1.807) is 0 Å². The van der Waals surface area contributed by atoms with Gasteiger partial charge in [0.25, 0.3) is 0 Å². The van der Waals surface area contributed by atoms with Crippen LogP contribution in [0.3, 0.4) is 0 Å². The van der Waals surface area contributed by atoms with Gasteiger partial charge in [-0.05, 0) is 12.2 Å². The normalized spacial score (nSPS) is 9.00. The van der Waals surface area contributed by atoms with Crippen LogP contribution in [0.2, 0.25) is 0 Å². The van der Waals surface area contributed by atoms with Crippen LogP contribution >= 0.6 is 12.6 Å². The molecule has 0 heterocycles. The Morgan fingerprint density at radius 1 is 0.900 bits per heavy atom. The van der Waals surface area contributed by atoms with Crippen molar-refractivity contribution in [2.45, 2.75) is 45.4 Å². The summed E-state index contributed by atoms with van der Waals surface area (Å²) in [4.78, 5) is 0. The molecule has 0 N–H and O–H groups in total. The standard InChI is InChI=1S/C8H18S.Sn/c1-2-3-4-5-6-7-8-9;/h9H,2-8H2,1H3;. The summed E-state index contributed by atoms with van der Waals surface area (Å²) in [6.07, 6.45) is 8.27. The van der Waals surface area contributed by atoms with Gasteiger partial charge < -0.3 is 0 Å². The van der Waals surface area contributed by atoms with Gasteiger partial charge in [0.1, 0.15) is 0 Å². The summed E-state index contributed by atoms with van der Waals surface area (Å²) in [5.74, 6) is 1.06. The molecule has 10 heavy (non-hydrogen) atoms. The Bertz CT molecular complexity index is 42.5. The summed E-state index contributed by atoms with van der Waals surface area (Å²) in [5, 5.41) is 0. The number of hydrogen-bond donors (Lipinski definition) is 1. The number of hydrogen-bond acceptors (Lipinski definition) is 1. The second-order valence-electron chi connectivity index (χ2n) is 2.49. The number of rotatable bonds is 6. The third-order valence-electron chi connectivity index (χ3n) is 1.51. The number of unbranched alkanes of at least 4 members (excludes halogenated alkanes) is 5. The van der Waals surface area contributed by atoms with E-state index in [1.165, 1.54) is 38.5 Å². The molecule has 0 aliphatic heterocycles. The number of thiol groups is 1. The van der Waals surface area contributed by atoms with Crippen LogP contribution in [-0.2, 0) is 0 Å². The molecular weight excluding hydrogens is 247 g/mol. The van der Waals surface area contributed by atoms with Gasteiger partial charge >= 0.3 is 0 Å². The largest absolute Gasteiger partial charge is 0.179 e. The first-order valence-electron chi connectivity index (χ1n) is 4.02. The monoisotopic (exact) mass is 266 g/mol. The average molecular weight is 265 g/mol. The Balaban J connectivity index is 0. The molecule has 0 rings (SSSR count). The summed E-state index contributed by atoms with van der Waals surface area (Å²) >= 11 is 4.15. The Labute approximate surface area is 87.5 Å². The van der Waals surface area contributed by atoms with Crippen LogP contribution in [0.5, 0.6) is 0 Å². The minimum Gasteiger partial charge on any atom is -0.179 e. The summed E-state index contributed by atoms with van der Waals surface area (Å²) in [6.45, 7) is 2.25. The molecule has 0 amide bonds. The van der Waals surface area contributed by atoms with E-state index in [4.69, 9.17) is 0 Å². The molecule has 0 aliphatic rings. The molecule has 0 unspecified atom stereocenters. The van der Waals surface area contributed by atoms with Crippen molar-refractivity contribution in [2.75, 3.05) is 5.75 Å². The van der Waals surface area contributed by atoms with Crippen LogP contribution in [0.15, 0.2) is 0 Å². The summed E-state index contributed by atoms with van der Waals surface area (Å²) in [7, 11) is 0. The van der Waals surface area contributed by atoms with E-state index in [1.807, 2.05) is 0 Å². The van der Waals surface area contributed by atoms with Gasteiger partial charge in [0, 0.05) is 23.9 Å². The van der Waals surface area contributed by atoms with Gasteiger partial charge in [-0.1, -0.05) is 39.0 Å². The zero-order chi connectivity index (χ0) is 6.95. The minimum atomic E-state index is 0. The molecule has 0 bridgehead atoms. The predicted molar refractivity (Wildman–Crippen MR) is 53.0 cm³/mol. The SMILES string of the molecule is CCCCCCCCS.[Sn]. The molecule has 0 atom stereocenters. The Hall–Kier alpha value is 1.15. The fraction of sp³-hybridized carbons (Fsp3) is 1.00. The molecule has 0 aromatic carbocycles. The third kappa shape index (κ3) is 11.9. The van der Waals surface area contributed by atoms with Crippen LogP contribution in [0.1, 0.15) is 45.4 Å². The van der Waals surface area contributed by atoms with Crippen molar-refractivity contribution in [3.8, 4) is 0 Å². The van der Waals surface area contributed by atoms with Crippen LogP contribution in [0, 0.1) is 0 Å². The van der Waals surface area contributed by atoms with Crippen molar-refractivity contribution >= 4 is 36.5 Å². The molecule has 0 aliphatic carbocycles. The van der Waals surface area contributed by atoms with E-state index in [2.05, 4.69) is 19.6 Å². The van der Waals surface area contributed by atoms with Gasteiger partial charge in [0.05, 0.1) is 0 Å². The van der Waals surface area contributed by atoms with Crippen molar-refractivity contribution in [1.82, 2.24) is 0 Å². The Morgan fingerprint density at radius 3 is 1.90 bits per heavy atom. The molecule has 0 saturated carbocycles. The van der Waals surface area contributed by atoms with Crippen LogP contribution in [-0.4, -0.2) is 29.7 Å². The molecule has 0 saturated heterocycles. The molecule has 0 fully saturated rings. The van der Waals surface area contributed by atoms with Crippen molar-refractivity contribution < 1.29 is 0 Å². The quantitative estimate of drug-likeness (QED) is 0.426. The fourth-order valence-electron chi connectivity index (χ4n) is 0.892. The molecule has 0 nitrogen and oxygen atoms in total. The van der Waals surface area contributed by atoms with Gasteiger partial charge in [-0.15, -0.1) is 0 Å². The van der Waals surface area contributed by atoms with E-state index >= 15 is 0 Å². The molecule has 0 aromatic heterocycles. The summed E-state index contributed by atoms with van der Waals surface area (Å²) in [6, 6.07) is 0. The van der Waals surface area contributed by atoms with Crippen molar-refractivity contribution in [1.29, 1.82) is 0 Å². The predicted octanol–water partition coefficient (Wildman–Crippen LogP) is 2.90. The average Bonchev–Trinajstić information content (AvgIpc) is 1.89. The van der Waals surface area contributed by atoms with E-state index < -0.39 is 0 Å². The van der Waals surface area contributed by atoms with E-state index in [9.17, 15) is 0 Å². The van der Waals surface area contributed by atoms with Gasteiger partial charge in [-0.25, -0.2) is 0 Å². The van der Waals surface area contributed by atoms with Crippen LogP contribution in [0.25, 0.3) is 0 Å². The first kappa shape index (κ1) is 13.7. The molecule has 0 aromatic rings. The second kappa shape index (κ2) is 12.8. The Kier molecular flexibility index (Phi) is 17.6. The molecular formula is C8H18SSn. The first-order valence-corrected chi connectivity index (χ1v) is 4.66. The smallest absolute Gasteiger partial charge is 0 e. The molecule has 60 valence electrons. The fourth-order valence-corrected chi connectivity index (χ4v) is 1.12. The van der Waals surface area contributed by atoms with Gasteiger partial charge in [0.2, 0.25) is 0 Å². The van der Waals surface area contributed by atoms with E-state index in [0.29, 0.717) is 0 Å². The topological polar surface area (TPSA) is 0 Å². The second-order valence-corrected chi connectivity index (χ2v) is 2.94. The van der Waals surface area contributed by atoms with Gasteiger partial charge in [-0.2, -0.15) is 12.6 Å². The van der Waals surface area contributed by atoms with Crippen LogP contribution in [0.4, 0.5) is 0 Å². The maximum absolute atomic E-state index is 4.15. The van der Waals surface area contributed by atoms with Crippen LogP contribution < -0.4 is 0 Å². The summed E-state index contributed by atoms with van der Waals surface area (Å²) in [5.41, 5.74) is 0. The van der Waals surface area contributed by atoms with E-state index in [-0.39, 0.29) is 23.9 Å².